The summed E-state index contributed by atoms with van der Waals surface area (Å²) in [5.41, 5.74) is 0.873. The van der Waals surface area contributed by atoms with E-state index < -0.39 is 7.60 Å². The van der Waals surface area contributed by atoms with Crippen LogP contribution in [-0.4, -0.2) is 24.1 Å². The second-order valence-corrected chi connectivity index (χ2v) is 6.32. The third kappa shape index (κ3) is 3.79. The number of carbonyl (C=O) groups is 1. The van der Waals surface area contributed by atoms with Gasteiger partial charge in [-0.05, 0) is 20.8 Å². The van der Waals surface area contributed by atoms with E-state index in [1.807, 2.05) is 0 Å². The first kappa shape index (κ1) is 17.1. The summed E-state index contributed by atoms with van der Waals surface area (Å²) in [7, 11) is -3.36. The van der Waals surface area contributed by atoms with Crippen molar-refractivity contribution in [2.45, 2.75) is 40.5 Å². The number of hydrogen-bond donors (Lipinski definition) is 1. The summed E-state index contributed by atoms with van der Waals surface area (Å²) in [6.07, 6.45) is -0.0865. The van der Waals surface area contributed by atoms with Crippen molar-refractivity contribution in [2.24, 2.45) is 0 Å². The molecule has 6 nitrogen and oxygen atoms in total. The van der Waals surface area contributed by atoms with Crippen molar-refractivity contribution in [3.63, 3.8) is 0 Å². The van der Waals surface area contributed by atoms with Gasteiger partial charge in [-0.3, -0.25) is 9.36 Å². The third-order valence-electron chi connectivity index (χ3n) is 2.80. The molecule has 0 amide bonds. The molecule has 0 atom stereocenters. The van der Waals surface area contributed by atoms with Crippen molar-refractivity contribution in [3.8, 4) is 0 Å². The van der Waals surface area contributed by atoms with Crippen LogP contribution in [0.4, 0.5) is 0 Å². The number of carbonyl (C=O) groups excluding carboxylic acids is 1. The van der Waals surface area contributed by atoms with Crippen LogP contribution in [0.15, 0.2) is 4.42 Å². The highest BCUT2D eigenvalue weighted by Crippen LogP contribution is 2.52. The normalized spacial score (nSPS) is 11.8. The van der Waals surface area contributed by atoms with E-state index in [0.717, 1.165) is 0 Å². The van der Waals surface area contributed by atoms with E-state index in [9.17, 15) is 14.5 Å². The molecule has 0 unspecified atom stereocenters. The molecule has 1 heterocycles. The molecule has 0 saturated carbocycles. The molecule has 0 spiro atoms. The lowest BCUT2D eigenvalue weighted by molar-refractivity contribution is 0.0985. The second-order valence-electron chi connectivity index (χ2n) is 4.26. The summed E-state index contributed by atoms with van der Waals surface area (Å²) in [6, 6.07) is 0. The molecule has 114 valence electrons. The second kappa shape index (κ2) is 7.18. The van der Waals surface area contributed by atoms with Crippen molar-refractivity contribution in [1.29, 1.82) is 0 Å². The van der Waals surface area contributed by atoms with Gasteiger partial charge in [-0.25, -0.2) is 0 Å². The molecule has 0 saturated heterocycles. The summed E-state index contributed by atoms with van der Waals surface area (Å²) in [4.78, 5) is 11.6. The highest BCUT2D eigenvalue weighted by atomic mass is 31.2. The van der Waals surface area contributed by atoms with Crippen LogP contribution in [0.1, 0.15) is 48.2 Å². The quantitative estimate of drug-likeness (QED) is 0.587. The number of rotatable bonds is 8. The Bertz CT molecular complexity index is 509. The van der Waals surface area contributed by atoms with Gasteiger partial charge < -0.3 is 18.6 Å². The van der Waals surface area contributed by atoms with Crippen molar-refractivity contribution >= 4 is 13.4 Å². The van der Waals surface area contributed by atoms with Gasteiger partial charge in [-0.15, -0.1) is 0 Å². The van der Waals surface area contributed by atoms with Gasteiger partial charge in [0, 0.05) is 18.1 Å². The Morgan fingerprint density at radius 2 is 1.80 bits per heavy atom. The first-order chi connectivity index (χ1) is 9.38. The highest BCUT2D eigenvalue weighted by Gasteiger charge is 2.31. The fourth-order valence-electron chi connectivity index (χ4n) is 2.00. The lowest BCUT2D eigenvalue weighted by Crippen LogP contribution is -2.04. The molecule has 0 aromatic carbocycles. The number of aliphatic hydroxyl groups is 1. The molecule has 7 heteroatoms. The zero-order valence-electron chi connectivity index (χ0n) is 12.3. The Morgan fingerprint density at radius 3 is 2.20 bits per heavy atom. The number of aryl methyl sites for hydroxylation is 1. The van der Waals surface area contributed by atoms with Crippen LogP contribution in [0.2, 0.25) is 0 Å². The average molecular weight is 304 g/mol. The Labute approximate surface area is 118 Å². The largest absolute Gasteiger partial charge is 0.458 e. The molecule has 1 aromatic heterocycles. The Balaban J connectivity index is 3.23. The van der Waals surface area contributed by atoms with Crippen LogP contribution >= 0.6 is 7.60 Å². The van der Waals surface area contributed by atoms with Gasteiger partial charge in [0.15, 0.2) is 11.5 Å². The van der Waals surface area contributed by atoms with Gasteiger partial charge >= 0.3 is 7.60 Å². The number of furan rings is 1. The molecule has 0 bridgehead atoms. The minimum absolute atomic E-state index is 0.0865. The van der Waals surface area contributed by atoms with Crippen molar-refractivity contribution in [1.82, 2.24) is 0 Å². The molecule has 0 fully saturated rings. The van der Waals surface area contributed by atoms with E-state index in [1.165, 1.54) is 6.92 Å². The first-order valence-electron chi connectivity index (χ1n) is 6.49. The summed E-state index contributed by atoms with van der Waals surface area (Å²) in [5.74, 6) is 0.251. The van der Waals surface area contributed by atoms with Crippen molar-refractivity contribution in [3.05, 3.63) is 22.6 Å². The van der Waals surface area contributed by atoms with E-state index in [4.69, 9.17) is 13.5 Å². The molecular formula is C13H21O6P. The highest BCUT2D eigenvalue weighted by molar-refractivity contribution is 7.53. The molecular weight excluding hydrogens is 283 g/mol. The van der Waals surface area contributed by atoms with Crippen LogP contribution < -0.4 is 0 Å². The van der Waals surface area contributed by atoms with Crippen molar-refractivity contribution in [2.75, 3.05) is 13.2 Å². The predicted octanol–water partition coefficient (Wildman–Crippen LogP) is 3.05. The monoisotopic (exact) mass is 304 g/mol. The fourth-order valence-corrected chi connectivity index (χ4v) is 3.77. The van der Waals surface area contributed by atoms with Gasteiger partial charge in [0.1, 0.15) is 5.76 Å². The maximum atomic E-state index is 12.6. The standard InChI is InChI=1S/C13H21O6P/c1-5-17-20(16,18-6-2)8-12-11(7-14)10(4)19-13(12)9(3)15/h14H,5-8H2,1-4H3. The van der Waals surface area contributed by atoms with E-state index in [2.05, 4.69) is 0 Å². The SMILES string of the molecule is CCOP(=O)(Cc1c(C(C)=O)oc(C)c1CO)OCC. The van der Waals surface area contributed by atoms with Crippen LogP contribution in [0, 0.1) is 6.92 Å². The lowest BCUT2D eigenvalue weighted by atomic mass is 10.1. The molecule has 0 aliphatic carbocycles. The summed E-state index contributed by atoms with van der Waals surface area (Å²) < 4.78 is 28.3. The third-order valence-corrected chi connectivity index (χ3v) is 4.81. The first-order valence-corrected chi connectivity index (χ1v) is 8.22. The number of hydrogen-bond acceptors (Lipinski definition) is 6. The number of Topliss-reactive ketones (excluding diaryl/α,β-unsaturated/α-hetero) is 1. The lowest BCUT2D eigenvalue weighted by Gasteiger charge is -2.17. The predicted molar refractivity (Wildman–Crippen MR) is 73.9 cm³/mol. The van der Waals surface area contributed by atoms with Gasteiger partial charge in [0.25, 0.3) is 0 Å². The topological polar surface area (TPSA) is 86.0 Å². The van der Waals surface area contributed by atoms with Crippen LogP contribution in [0.3, 0.4) is 0 Å². The average Bonchev–Trinajstić information content (AvgIpc) is 2.66. The Morgan fingerprint density at radius 1 is 1.25 bits per heavy atom. The molecule has 0 aliphatic heterocycles. The Kier molecular flexibility index (Phi) is 6.14. The zero-order chi connectivity index (χ0) is 15.3. The summed E-state index contributed by atoms with van der Waals surface area (Å²) in [6.45, 7) is 6.60. The number of ketones is 1. The van der Waals surface area contributed by atoms with Crippen LogP contribution in [0.25, 0.3) is 0 Å². The molecule has 20 heavy (non-hydrogen) atoms. The maximum absolute atomic E-state index is 12.6. The fraction of sp³-hybridized carbons (Fsp3) is 0.615. The maximum Gasteiger partial charge on any atom is 0.335 e. The van der Waals surface area contributed by atoms with Gasteiger partial charge in [-0.1, -0.05) is 0 Å². The van der Waals surface area contributed by atoms with Gasteiger partial charge in [0.2, 0.25) is 0 Å². The minimum Gasteiger partial charge on any atom is -0.458 e. The van der Waals surface area contributed by atoms with Gasteiger partial charge in [0.05, 0.1) is 26.0 Å². The number of aliphatic hydroxyl groups excluding tert-OH is 1. The van der Waals surface area contributed by atoms with Gasteiger partial charge in [-0.2, -0.15) is 0 Å². The molecule has 1 aromatic rings. The van der Waals surface area contributed by atoms with E-state index in [1.54, 1.807) is 20.8 Å². The van der Waals surface area contributed by atoms with E-state index in [-0.39, 0.29) is 37.5 Å². The minimum atomic E-state index is -3.36. The smallest absolute Gasteiger partial charge is 0.335 e. The molecule has 0 aliphatic rings. The van der Waals surface area contributed by atoms with E-state index in [0.29, 0.717) is 16.9 Å². The zero-order valence-corrected chi connectivity index (χ0v) is 13.2. The van der Waals surface area contributed by atoms with E-state index >= 15 is 0 Å². The van der Waals surface area contributed by atoms with Crippen LogP contribution in [-0.2, 0) is 26.4 Å². The van der Waals surface area contributed by atoms with Crippen molar-refractivity contribution < 1.29 is 27.9 Å². The molecule has 1 rings (SSSR count). The molecule has 1 N–H and O–H groups in total. The summed E-state index contributed by atoms with van der Waals surface area (Å²) in [5, 5.41) is 9.41. The molecule has 0 radical (unpaired) electrons. The van der Waals surface area contributed by atoms with Crippen LogP contribution in [0.5, 0.6) is 0 Å². The Hall–Kier alpha value is -0.940. The summed E-state index contributed by atoms with van der Waals surface area (Å²) >= 11 is 0.